The Bertz CT molecular complexity index is 1830. The molecular formula is C70H119N2O7P. The van der Waals surface area contributed by atoms with Crippen LogP contribution in [0.15, 0.2) is 134 Å². The fourth-order valence-electron chi connectivity index (χ4n) is 8.47. The minimum Gasteiger partial charge on any atom is -0.756 e. The van der Waals surface area contributed by atoms with E-state index in [0.717, 1.165) is 122 Å². The zero-order valence-corrected chi connectivity index (χ0v) is 52.9. The van der Waals surface area contributed by atoms with Crippen molar-refractivity contribution in [2.24, 2.45) is 0 Å². The predicted molar refractivity (Wildman–Crippen MR) is 343 cm³/mol. The number of phosphoric acid groups is 1. The molecule has 0 spiro atoms. The summed E-state index contributed by atoms with van der Waals surface area (Å²) in [5.74, 6) is -0.625. The zero-order valence-electron chi connectivity index (χ0n) is 52.0. The van der Waals surface area contributed by atoms with Gasteiger partial charge in [0.15, 0.2) is 0 Å². The minimum atomic E-state index is -4.72. The Morgan fingerprint density at radius 1 is 0.450 bits per heavy atom. The molecule has 456 valence electrons. The number of quaternary nitrogens is 1. The Labute approximate surface area is 492 Å². The molecule has 9 nitrogen and oxygen atoms in total. The topological polar surface area (TPSA) is 114 Å². The fourth-order valence-corrected chi connectivity index (χ4v) is 9.19. The summed E-state index contributed by atoms with van der Waals surface area (Å²) in [6, 6.07) is -0.924. The van der Waals surface area contributed by atoms with Gasteiger partial charge in [0.05, 0.1) is 33.8 Å². The molecule has 0 aromatic rings. The first kappa shape index (κ1) is 76.1. The standard InChI is InChI=1S/C70H119N2O7P/c1-7-10-13-16-19-22-25-28-30-32-33-34-35-36-37-38-39-41-42-44-47-50-53-56-59-62-69(73)71-67(66-78-80(75,76)77-65-64-72(4,5)6)68(61-58-55-52-49-46-27-24-21-18-15-12-9-3)79-70(74)63-60-57-54-51-48-45-43-40-31-29-26-23-20-17-14-11-8-2/h10-11,13-14,19-20,22-23,28-31,33-34,36-37,43,45,51,54,58,61,67-68H,7-9,12,15-18,21,24-27,32,35,38-42,44,46-50,52-53,55-57,59-60,62-66H2,1-6H3,(H-,71,73,75,76)/b13-10-,14-11-,22-19-,23-20-,30-28-,31-29-,34-33-,37-36-,45-43-,54-51-,61-58-. The van der Waals surface area contributed by atoms with Crippen molar-refractivity contribution in [2.45, 2.75) is 258 Å². The molecule has 0 saturated heterocycles. The lowest BCUT2D eigenvalue weighted by atomic mass is 10.0. The van der Waals surface area contributed by atoms with Crippen LogP contribution in [0.25, 0.3) is 0 Å². The van der Waals surface area contributed by atoms with Crippen LogP contribution < -0.4 is 10.2 Å². The number of nitrogens with zero attached hydrogens (tertiary/aromatic N) is 1. The van der Waals surface area contributed by atoms with Crippen molar-refractivity contribution in [2.75, 3.05) is 40.9 Å². The molecule has 0 heterocycles. The van der Waals surface area contributed by atoms with Gasteiger partial charge in [0.2, 0.25) is 5.91 Å². The quantitative estimate of drug-likeness (QED) is 0.0212. The third kappa shape index (κ3) is 58.8. The van der Waals surface area contributed by atoms with E-state index in [2.05, 4.69) is 148 Å². The fraction of sp³-hybridized carbons (Fsp3) is 0.657. The van der Waals surface area contributed by atoms with Crippen molar-refractivity contribution in [3.8, 4) is 0 Å². The molecular weight excluding hydrogens is 1010 g/mol. The summed E-state index contributed by atoms with van der Waals surface area (Å²) >= 11 is 0. The van der Waals surface area contributed by atoms with Gasteiger partial charge < -0.3 is 28.5 Å². The molecule has 3 unspecified atom stereocenters. The summed E-state index contributed by atoms with van der Waals surface area (Å²) in [6.07, 6.45) is 82.9. The molecule has 0 saturated carbocycles. The molecule has 0 aliphatic carbocycles. The van der Waals surface area contributed by atoms with E-state index in [9.17, 15) is 19.0 Å². The zero-order chi connectivity index (χ0) is 58.6. The van der Waals surface area contributed by atoms with E-state index >= 15 is 0 Å². The van der Waals surface area contributed by atoms with Gasteiger partial charge in [-0.05, 0) is 115 Å². The Hall–Kier alpha value is -3.85. The molecule has 1 amide bonds. The van der Waals surface area contributed by atoms with Crippen LogP contribution in [0, 0.1) is 0 Å². The highest BCUT2D eigenvalue weighted by atomic mass is 31.2. The van der Waals surface area contributed by atoms with Gasteiger partial charge in [0, 0.05) is 12.8 Å². The molecule has 80 heavy (non-hydrogen) atoms. The van der Waals surface area contributed by atoms with Gasteiger partial charge in [-0.15, -0.1) is 0 Å². The summed E-state index contributed by atoms with van der Waals surface area (Å²) in [5, 5.41) is 3.01. The van der Waals surface area contributed by atoms with E-state index < -0.39 is 32.5 Å². The second-order valence-electron chi connectivity index (χ2n) is 22.1. The van der Waals surface area contributed by atoms with Crippen LogP contribution in [0.1, 0.15) is 245 Å². The molecule has 0 rings (SSSR count). The van der Waals surface area contributed by atoms with Gasteiger partial charge in [-0.25, -0.2) is 0 Å². The number of phosphoric ester groups is 1. The number of esters is 1. The Balaban J connectivity index is 5.26. The van der Waals surface area contributed by atoms with Gasteiger partial charge in [0.25, 0.3) is 7.82 Å². The lowest BCUT2D eigenvalue weighted by molar-refractivity contribution is -0.870. The third-order valence-electron chi connectivity index (χ3n) is 13.3. The van der Waals surface area contributed by atoms with E-state index in [-0.39, 0.29) is 25.4 Å². The van der Waals surface area contributed by atoms with E-state index in [1.165, 1.54) is 83.5 Å². The molecule has 0 fully saturated rings. The molecule has 0 radical (unpaired) electrons. The summed E-state index contributed by atoms with van der Waals surface area (Å²) < 4.78 is 30.3. The average molecular weight is 1130 g/mol. The van der Waals surface area contributed by atoms with Crippen molar-refractivity contribution in [1.29, 1.82) is 0 Å². The molecule has 0 aromatic carbocycles. The molecule has 10 heteroatoms. The summed E-state index contributed by atoms with van der Waals surface area (Å²) in [5.41, 5.74) is 0. The highest BCUT2D eigenvalue weighted by Crippen LogP contribution is 2.38. The van der Waals surface area contributed by atoms with Crippen molar-refractivity contribution >= 4 is 19.7 Å². The van der Waals surface area contributed by atoms with Crippen molar-refractivity contribution in [3.05, 3.63) is 134 Å². The van der Waals surface area contributed by atoms with E-state index in [4.69, 9.17) is 13.8 Å². The number of amides is 1. The SMILES string of the molecule is CC/C=C\C/C=C\C/C=C\C/C=C\C/C=C\CCCCCCCCCCCC(=O)NC(COP(=O)([O-])OCC[N+](C)(C)C)C(/C=C\CCCCCCCCCCCC)OC(=O)CCC/C=C\C/C=C\C/C=C\C/C=C\C/C=C\CC. The molecule has 0 aliphatic heterocycles. The van der Waals surface area contributed by atoms with Crippen LogP contribution in [-0.2, 0) is 27.9 Å². The lowest BCUT2D eigenvalue weighted by Gasteiger charge is -2.30. The first-order valence-electron chi connectivity index (χ1n) is 32.0. The number of ether oxygens (including phenoxy) is 1. The number of carbonyl (C=O) groups is 2. The highest BCUT2D eigenvalue weighted by Gasteiger charge is 2.27. The number of likely N-dealkylation sites (N-methyl/N-ethyl adjacent to an activating group) is 1. The second-order valence-corrected chi connectivity index (χ2v) is 23.6. The van der Waals surface area contributed by atoms with E-state index in [0.29, 0.717) is 17.4 Å². The van der Waals surface area contributed by atoms with Crippen molar-refractivity contribution < 1.29 is 37.3 Å². The minimum absolute atomic E-state index is 0.0395. The first-order valence-corrected chi connectivity index (χ1v) is 33.5. The van der Waals surface area contributed by atoms with Gasteiger partial charge in [-0.2, -0.15) is 0 Å². The van der Waals surface area contributed by atoms with Gasteiger partial charge in [-0.3, -0.25) is 14.2 Å². The Kier molecular flexibility index (Phi) is 55.5. The predicted octanol–water partition coefficient (Wildman–Crippen LogP) is 19.4. The van der Waals surface area contributed by atoms with Crippen LogP contribution in [0.2, 0.25) is 0 Å². The number of rotatable bonds is 56. The number of hydrogen-bond acceptors (Lipinski definition) is 7. The molecule has 0 bridgehead atoms. The maximum Gasteiger partial charge on any atom is 0.306 e. The van der Waals surface area contributed by atoms with Crippen LogP contribution >= 0.6 is 7.82 Å². The second kappa shape index (κ2) is 58.4. The van der Waals surface area contributed by atoms with Crippen LogP contribution in [0.3, 0.4) is 0 Å². The monoisotopic (exact) mass is 1130 g/mol. The number of nitrogens with one attached hydrogen (secondary N) is 1. The van der Waals surface area contributed by atoms with Gasteiger partial charge in [0.1, 0.15) is 19.3 Å². The molecule has 3 atom stereocenters. The summed E-state index contributed by atoms with van der Waals surface area (Å²) in [6.45, 7) is 6.56. The number of carbonyl (C=O) groups excluding carboxylic acids is 2. The van der Waals surface area contributed by atoms with Crippen LogP contribution in [0.5, 0.6) is 0 Å². The van der Waals surface area contributed by atoms with E-state index in [1.54, 1.807) is 0 Å². The average Bonchev–Trinajstić information content (AvgIpc) is 3.42. The largest absolute Gasteiger partial charge is 0.756 e. The maximum absolute atomic E-state index is 13.6. The summed E-state index contributed by atoms with van der Waals surface area (Å²) in [7, 11) is 1.13. The Morgan fingerprint density at radius 2 is 0.812 bits per heavy atom. The third-order valence-corrected chi connectivity index (χ3v) is 14.3. The first-order chi connectivity index (χ1) is 38.9. The molecule has 0 aliphatic rings. The summed E-state index contributed by atoms with van der Waals surface area (Å²) in [4.78, 5) is 40.0. The highest BCUT2D eigenvalue weighted by molar-refractivity contribution is 7.45. The van der Waals surface area contributed by atoms with E-state index in [1.807, 2.05) is 33.3 Å². The van der Waals surface area contributed by atoms with Crippen molar-refractivity contribution in [1.82, 2.24) is 5.32 Å². The number of hydrogen-bond donors (Lipinski definition) is 1. The molecule has 1 N–H and O–H groups in total. The lowest BCUT2D eigenvalue weighted by Crippen LogP contribution is -2.47. The van der Waals surface area contributed by atoms with Crippen LogP contribution in [0.4, 0.5) is 0 Å². The van der Waals surface area contributed by atoms with Crippen LogP contribution in [-0.4, -0.2) is 69.4 Å². The normalized spacial score (nSPS) is 14.5. The number of unbranched alkanes of at least 4 members (excludes halogenated alkanes) is 20. The maximum atomic E-state index is 13.6. The number of allylic oxidation sites excluding steroid dienone is 21. The van der Waals surface area contributed by atoms with Crippen molar-refractivity contribution in [3.63, 3.8) is 0 Å². The molecule has 0 aromatic heterocycles. The van der Waals surface area contributed by atoms with Gasteiger partial charge >= 0.3 is 5.97 Å². The smallest absolute Gasteiger partial charge is 0.306 e. The van der Waals surface area contributed by atoms with Gasteiger partial charge in [-0.1, -0.05) is 251 Å². The Morgan fingerprint density at radius 3 is 1.23 bits per heavy atom.